The lowest BCUT2D eigenvalue weighted by molar-refractivity contribution is -0.139. The molecule has 0 saturated carbocycles. The Kier molecular flexibility index (Phi) is 4.89. The topological polar surface area (TPSA) is 81.4 Å². The number of ether oxygens (including phenoxy) is 1. The maximum Gasteiger partial charge on any atom is 0.223 e. The number of amides is 1. The monoisotopic (exact) mass is 330 g/mol. The summed E-state index contributed by atoms with van der Waals surface area (Å²) in [6, 6.07) is 1.84. The first-order valence-electron chi connectivity index (χ1n) is 8.15. The predicted molar refractivity (Wildman–Crippen MR) is 86.3 cm³/mol. The first-order valence-corrected chi connectivity index (χ1v) is 8.15. The molecule has 1 atom stereocenters. The highest BCUT2D eigenvalue weighted by atomic mass is 16.5. The highest BCUT2D eigenvalue weighted by Crippen LogP contribution is 2.22. The quantitative estimate of drug-likeness (QED) is 0.852. The Hall–Kier alpha value is -2.28. The smallest absolute Gasteiger partial charge is 0.223 e. The molecule has 0 aromatic carbocycles. The lowest BCUT2D eigenvalue weighted by Gasteiger charge is -2.32. The number of carbonyl (C=O) groups is 1. The largest absolute Gasteiger partial charge is 0.368 e. The molecule has 0 bridgehead atoms. The van der Waals surface area contributed by atoms with Gasteiger partial charge in [-0.1, -0.05) is 5.16 Å². The van der Waals surface area contributed by atoms with E-state index in [-0.39, 0.29) is 12.0 Å². The molecule has 0 spiro atoms. The summed E-state index contributed by atoms with van der Waals surface area (Å²) >= 11 is 0. The third-order valence-electron chi connectivity index (χ3n) is 4.32. The zero-order chi connectivity index (χ0) is 17.1. The third-order valence-corrected chi connectivity index (χ3v) is 4.32. The van der Waals surface area contributed by atoms with Gasteiger partial charge in [-0.2, -0.15) is 0 Å². The zero-order valence-electron chi connectivity index (χ0n) is 14.3. The minimum absolute atomic E-state index is 0.120. The van der Waals surface area contributed by atoms with Gasteiger partial charge in [0.05, 0.1) is 24.5 Å². The zero-order valence-corrected chi connectivity index (χ0v) is 14.3. The summed E-state index contributed by atoms with van der Waals surface area (Å²) < 4.78 is 10.9. The summed E-state index contributed by atoms with van der Waals surface area (Å²) in [6.07, 6.45) is 2.62. The predicted octanol–water partition coefficient (Wildman–Crippen LogP) is 1.92. The average molecular weight is 330 g/mol. The normalized spacial score (nSPS) is 18.0. The molecule has 1 unspecified atom stereocenters. The van der Waals surface area contributed by atoms with Crippen molar-refractivity contribution in [3.8, 4) is 0 Å². The van der Waals surface area contributed by atoms with Crippen molar-refractivity contribution in [2.75, 3.05) is 19.7 Å². The summed E-state index contributed by atoms with van der Waals surface area (Å²) in [4.78, 5) is 22.9. The van der Waals surface area contributed by atoms with E-state index < -0.39 is 0 Å². The highest BCUT2D eigenvalue weighted by molar-refractivity contribution is 5.76. The molecule has 3 heterocycles. The number of hydrogen-bond acceptors (Lipinski definition) is 6. The van der Waals surface area contributed by atoms with Gasteiger partial charge in [-0.15, -0.1) is 0 Å². The van der Waals surface area contributed by atoms with Crippen LogP contribution in [-0.4, -0.2) is 45.6 Å². The maximum absolute atomic E-state index is 12.5. The van der Waals surface area contributed by atoms with Crippen LogP contribution in [0, 0.1) is 20.8 Å². The van der Waals surface area contributed by atoms with Crippen LogP contribution in [-0.2, 0) is 16.0 Å². The number of hydrogen-bond donors (Lipinski definition) is 0. The van der Waals surface area contributed by atoms with E-state index >= 15 is 0 Å². The first kappa shape index (κ1) is 16.6. The third kappa shape index (κ3) is 3.62. The molecule has 2 aromatic heterocycles. The fraction of sp³-hybridized carbons (Fsp3) is 0.529. The Labute approximate surface area is 141 Å². The van der Waals surface area contributed by atoms with E-state index in [0.29, 0.717) is 38.4 Å². The number of nitrogens with zero attached hydrogens (tertiary/aromatic N) is 4. The maximum atomic E-state index is 12.5. The van der Waals surface area contributed by atoms with Crippen LogP contribution in [0.15, 0.2) is 16.8 Å². The Morgan fingerprint density at radius 2 is 2.21 bits per heavy atom. The number of rotatable bonds is 4. The van der Waals surface area contributed by atoms with Gasteiger partial charge >= 0.3 is 0 Å². The van der Waals surface area contributed by atoms with Crippen molar-refractivity contribution in [2.45, 2.75) is 39.7 Å². The molecule has 0 aliphatic carbocycles. The van der Waals surface area contributed by atoms with Gasteiger partial charge in [0.2, 0.25) is 5.91 Å². The van der Waals surface area contributed by atoms with E-state index in [2.05, 4.69) is 15.1 Å². The van der Waals surface area contributed by atoms with Gasteiger partial charge in [-0.25, -0.2) is 9.97 Å². The van der Waals surface area contributed by atoms with Crippen molar-refractivity contribution < 1.29 is 14.1 Å². The molecule has 24 heavy (non-hydrogen) atoms. The molecule has 1 aliphatic rings. The van der Waals surface area contributed by atoms with Crippen molar-refractivity contribution in [3.05, 3.63) is 40.8 Å². The minimum Gasteiger partial charge on any atom is -0.368 e. The van der Waals surface area contributed by atoms with Crippen molar-refractivity contribution >= 4 is 5.91 Å². The molecule has 1 amide bonds. The van der Waals surface area contributed by atoms with Crippen LogP contribution in [0.25, 0.3) is 0 Å². The lowest BCUT2D eigenvalue weighted by atomic mass is 10.1. The van der Waals surface area contributed by atoms with E-state index in [4.69, 9.17) is 9.26 Å². The summed E-state index contributed by atoms with van der Waals surface area (Å²) in [5.74, 6) is 1.61. The van der Waals surface area contributed by atoms with Crippen molar-refractivity contribution in [1.82, 2.24) is 20.0 Å². The highest BCUT2D eigenvalue weighted by Gasteiger charge is 2.26. The van der Waals surface area contributed by atoms with Gasteiger partial charge in [-0.05, 0) is 33.3 Å². The van der Waals surface area contributed by atoms with E-state index in [9.17, 15) is 4.79 Å². The van der Waals surface area contributed by atoms with Crippen LogP contribution in [0.2, 0.25) is 0 Å². The molecule has 1 fully saturated rings. The van der Waals surface area contributed by atoms with E-state index in [1.807, 2.05) is 31.7 Å². The number of aryl methyl sites for hydroxylation is 3. The van der Waals surface area contributed by atoms with Crippen molar-refractivity contribution in [2.24, 2.45) is 0 Å². The molecule has 128 valence electrons. The van der Waals surface area contributed by atoms with Crippen LogP contribution in [0.1, 0.15) is 41.1 Å². The van der Waals surface area contributed by atoms with E-state index in [1.165, 1.54) is 0 Å². The van der Waals surface area contributed by atoms with Crippen molar-refractivity contribution in [1.29, 1.82) is 0 Å². The molecule has 1 aliphatic heterocycles. The Morgan fingerprint density at radius 1 is 1.38 bits per heavy atom. The minimum atomic E-state index is -0.191. The summed E-state index contributed by atoms with van der Waals surface area (Å²) in [6.45, 7) is 7.28. The SMILES string of the molecule is Cc1nccc(C2CN(C(=O)CCc3c(C)noc3C)CCO2)n1. The van der Waals surface area contributed by atoms with Gasteiger partial charge in [0, 0.05) is 24.7 Å². The van der Waals surface area contributed by atoms with Crippen LogP contribution in [0.4, 0.5) is 0 Å². The molecule has 2 aromatic rings. The number of aromatic nitrogens is 3. The molecular weight excluding hydrogens is 308 g/mol. The summed E-state index contributed by atoms with van der Waals surface area (Å²) in [5, 5.41) is 3.93. The fourth-order valence-electron chi connectivity index (χ4n) is 2.96. The molecular formula is C17H22N4O3. The Balaban J connectivity index is 1.61. The average Bonchev–Trinajstić information content (AvgIpc) is 2.91. The number of carbonyl (C=O) groups excluding carboxylic acids is 1. The van der Waals surface area contributed by atoms with Gasteiger partial charge in [0.25, 0.3) is 0 Å². The second kappa shape index (κ2) is 7.09. The fourth-order valence-corrected chi connectivity index (χ4v) is 2.96. The molecule has 7 nitrogen and oxygen atoms in total. The van der Waals surface area contributed by atoms with Gasteiger partial charge in [0.1, 0.15) is 17.7 Å². The Morgan fingerprint density at radius 3 is 2.92 bits per heavy atom. The van der Waals surface area contributed by atoms with Crippen molar-refractivity contribution in [3.63, 3.8) is 0 Å². The Bertz CT molecular complexity index is 709. The van der Waals surface area contributed by atoms with Crippen LogP contribution in [0.3, 0.4) is 0 Å². The van der Waals surface area contributed by atoms with Crippen LogP contribution >= 0.6 is 0 Å². The summed E-state index contributed by atoms with van der Waals surface area (Å²) in [7, 11) is 0. The molecule has 7 heteroatoms. The molecule has 0 radical (unpaired) electrons. The summed E-state index contributed by atoms with van der Waals surface area (Å²) in [5.41, 5.74) is 2.71. The van der Waals surface area contributed by atoms with Crippen LogP contribution < -0.4 is 0 Å². The second-order valence-electron chi connectivity index (χ2n) is 6.03. The molecule has 1 saturated heterocycles. The lowest BCUT2D eigenvalue weighted by Crippen LogP contribution is -2.42. The van der Waals surface area contributed by atoms with Gasteiger partial charge in [0.15, 0.2) is 0 Å². The first-order chi connectivity index (χ1) is 11.5. The van der Waals surface area contributed by atoms with Gasteiger partial charge in [-0.3, -0.25) is 4.79 Å². The van der Waals surface area contributed by atoms with E-state index in [0.717, 1.165) is 22.7 Å². The van der Waals surface area contributed by atoms with Crippen LogP contribution in [0.5, 0.6) is 0 Å². The molecule has 0 N–H and O–H groups in total. The van der Waals surface area contributed by atoms with E-state index in [1.54, 1.807) is 6.20 Å². The number of morpholine rings is 1. The molecule has 3 rings (SSSR count). The second-order valence-corrected chi connectivity index (χ2v) is 6.03. The standard InChI is InChI=1S/C17H22N4O3/c1-11-14(12(2)24-20-11)4-5-17(22)21-8-9-23-16(10-21)15-6-7-18-13(3)19-15/h6-7,16H,4-5,8-10H2,1-3H3. The van der Waals surface area contributed by atoms with Gasteiger partial charge < -0.3 is 14.2 Å².